The molecule has 0 unspecified atom stereocenters. The Labute approximate surface area is 113 Å². The molecule has 1 fully saturated rings. The van der Waals surface area contributed by atoms with Crippen molar-refractivity contribution in [2.24, 2.45) is 0 Å². The van der Waals surface area contributed by atoms with E-state index < -0.39 is 0 Å². The summed E-state index contributed by atoms with van der Waals surface area (Å²) in [6.07, 6.45) is 5.49. The molecule has 1 aromatic heterocycles. The van der Waals surface area contributed by atoms with E-state index in [4.69, 9.17) is 5.73 Å². The van der Waals surface area contributed by atoms with E-state index in [1.54, 1.807) is 0 Å². The Hall–Kier alpha value is -0.970. The van der Waals surface area contributed by atoms with E-state index in [9.17, 15) is 0 Å². The Bertz CT molecular complexity index is 414. The molecule has 1 aliphatic heterocycles. The molecule has 1 saturated heterocycles. The average Bonchev–Trinajstić information content (AvgIpc) is 2.42. The number of nitrogens with two attached hydrogens (primary N) is 1. The van der Waals surface area contributed by atoms with Gasteiger partial charge in [-0.25, -0.2) is 9.97 Å². The maximum absolute atomic E-state index is 5.98. The molecule has 0 atom stereocenters. The number of aryl methyl sites for hydroxylation is 1. The van der Waals surface area contributed by atoms with Crippen molar-refractivity contribution in [1.29, 1.82) is 0 Å². The minimum Gasteiger partial charge on any atom is -0.383 e. The average molecular weight is 266 g/mol. The van der Waals surface area contributed by atoms with Crippen LogP contribution in [0.25, 0.3) is 0 Å². The Kier molecular flexibility index (Phi) is 4.32. The van der Waals surface area contributed by atoms with Gasteiger partial charge in [-0.05, 0) is 26.0 Å². The second kappa shape index (κ2) is 5.78. The number of nitrogens with zero attached hydrogens (tertiary/aromatic N) is 3. The molecular weight excluding hydrogens is 244 g/mol. The van der Waals surface area contributed by atoms with Gasteiger partial charge in [-0.3, -0.25) is 0 Å². The van der Waals surface area contributed by atoms with Gasteiger partial charge in [0, 0.05) is 30.3 Å². The summed E-state index contributed by atoms with van der Waals surface area (Å²) in [7, 11) is 0. The summed E-state index contributed by atoms with van der Waals surface area (Å²) in [5, 5.41) is 0.798. The molecule has 0 aromatic carbocycles. The van der Waals surface area contributed by atoms with Crippen molar-refractivity contribution < 1.29 is 0 Å². The molecule has 2 N–H and O–H groups in total. The lowest BCUT2D eigenvalue weighted by atomic mass is 10.1. The number of hydrogen-bond donors (Lipinski definition) is 1. The van der Waals surface area contributed by atoms with Crippen molar-refractivity contribution in [3.8, 4) is 0 Å². The van der Waals surface area contributed by atoms with E-state index in [2.05, 4.69) is 28.0 Å². The van der Waals surface area contributed by atoms with E-state index >= 15 is 0 Å². The minimum atomic E-state index is 0.629. The van der Waals surface area contributed by atoms with Gasteiger partial charge in [-0.1, -0.05) is 6.92 Å². The highest BCUT2D eigenvalue weighted by molar-refractivity contribution is 7.99. The maximum atomic E-state index is 5.98. The van der Waals surface area contributed by atoms with Gasteiger partial charge >= 0.3 is 0 Å². The number of piperidine rings is 1. The van der Waals surface area contributed by atoms with Crippen molar-refractivity contribution in [3.05, 3.63) is 11.4 Å². The third-order valence-corrected chi connectivity index (χ3v) is 4.73. The molecule has 2 heterocycles. The third kappa shape index (κ3) is 2.71. The molecule has 0 radical (unpaired) electrons. The highest BCUT2D eigenvalue weighted by Gasteiger charge is 2.21. The Morgan fingerprint density at radius 1 is 1.33 bits per heavy atom. The monoisotopic (exact) mass is 266 g/mol. The normalized spacial score (nSPS) is 17.2. The number of aromatic nitrogens is 2. The first-order valence-electron chi connectivity index (χ1n) is 6.56. The highest BCUT2D eigenvalue weighted by atomic mass is 32.2. The smallest absolute Gasteiger partial charge is 0.137 e. The molecule has 4 nitrogen and oxygen atoms in total. The lowest BCUT2D eigenvalue weighted by Crippen LogP contribution is -2.36. The van der Waals surface area contributed by atoms with Crippen LogP contribution in [0.2, 0.25) is 0 Å². The topological polar surface area (TPSA) is 55.0 Å². The van der Waals surface area contributed by atoms with Gasteiger partial charge < -0.3 is 10.6 Å². The third-order valence-electron chi connectivity index (χ3n) is 3.60. The quantitative estimate of drug-likeness (QED) is 0.909. The molecule has 0 bridgehead atoms. The number of rotatable bonds is 3. The summed E-state index contributed by atoms with van der Waals surface area (Å²) in [6, 6.07) is 0. The standard InChI is InChI=1S/C13H22N4S/c1-4-11-15-12(14)9(2)13(16-11)17-7-5-10(18-3)6-8-17/h10H,4-8H2,1-3H3,(H2,14,15,16). The summed E-state index contributed by atoms with van der Waals surface area (Å²) in [5.74, 6) is 2.52. The highest BCUT2D eigenvalue weighted by Crippen LogP contribution is 2.28. The van der Waals surface area contributed by atoms with Crippen LogP contribution < -0.4 is 10.6 Å². The molecule has 18 heavy (non-hydrogen) atoms. The number of hydrogen-bond acceptors (Lipinski definition) is 5. The molecule has 1 aromatic rings. The lowest BCUT2D eigenvalue weighted by molar-refractivity contribution is 0.584. The molecular formula is C13H22N4S. The lowest BCUT2D eigenvalue weighted by Gasteiger charge is -2.33. The summed E-state index contributed by atoms with van der Waals surface area (Å²) < 4.78 is 0. The van der Waals surface area contributed by atoms with E-state index in [1.807, 2.05) is 18.7 Å². The van der Waals surface area contributed by atoms with Crippen LogP contribution in [-0.4, -0.2) is 34.6 Å². The van der Waals surface area contributed by atoms with E-state index in [0.29, 0.717) is 5.82 Å². The Morgan fingerprint density at radius 2 is 2.00 bits per heavy atom. The predicted octanol–water partition coefficient (Wildman–Crippen LogP) is 2.26. The zero-order valence-corrected chi connectivity index (χ0v) is 12.3. The second-order valence-corrected chi connectivity index (χ2v) is 5.89. The zero-order chi connectivity index (χ0) is 13.1. The van der Waals surface area contributed by atoms with Crippen LogP contribution in [0.15, 0.2) is 0 Å². The van der Waals surface area contributed by atoms with Crippen LogP contribution >= 0.6 is 11.8 Å². The summed E-state index contributed by atoms with van der Waals surface area (Å²) in [6.45, 7) is 6.23. The van der Waals surface area contributed by atoms with Gasteiger partial charge in [-0.2, -0.15) is 11.8 Å². The van der Waals surface area contributed by atoms with Crippen LogP contribution in [0.4, 0.5) is 11.6 Å². The van der Waals surface area contributed by atoms with E-state index in [1.165, 1.54) is 12.8 Å². The van der Waals surface area contributed by atoms with Crippen molar-refractivity contribution in [2.45, 2.75) is 38.4 Å². The number of nitrogen functional groups attached to an aromatic ring is 1. The van der Waals surface area contributed by atoms with Crippen LogP contribution in [0.5, 0.6) is 0 Å². The first kappa shape index (κ1) is 13.5. The van der Waals surface area contributed by atoms with Crippen molar-refractivity contribution in [2.75, 3.05) is 30.0 Å². The van der Waals surface area contributed by atoms with Gasteiger partial charge in [0.25, 0.3) is 0 Å². The number of anilines is 2. The van der Waals surface area contributed by atoms with Gasteiger partial charge in [0.2, 0.25) is 0 Å². The number of thioether (sulfide) groups is 1. The fraction of sp³-hybridized carbons (Fsp3) is 0.692. The summed E-state index contributed by atoms with van der Waals surface area (Å²) >= 11 is 1.97. The SMILES string of the molecule is CCc1nc(N)c(C)c(N2CCC(SC)CC2)n1. The largest absolute Gasteiger partial charge is 0.383 e. The van der Waals surface area contributed by atoms with Gasteiger partial charge in [0.15, 0.2) is 0 Å². The predicted molar refractivity (Wildman–Crippen MR) is 79.3 cm³/mol. The van der Waals surface area contributed by atoms with Crippen LogP contribution in [0.1, 0.15) is 31.2 Å². The summed E-state index contributed by atoms with van der Waals surface area (Å²) in [5.41, 5.74) is 7.00. The molecule has 1 aliphatic rings. The van der Waals surface area contributed by atoms with Crippen molar-refractivity contribution in [3.63, 3.8) is 0 Å². The van der Waals surface area contributed by atoms with Crippen LogP contribution in [-0.2, 0) is 6.42 Å². The minimum absolute atomic E-state index is 0.629. The first-order valence-corrected chi connectivity index (χ1v) is 7.85. The van der Waals surface area contributed by atoms with Crippen molar-refractivity contribution >= 4 is 23.4 Å². The fourth-order valence-corrected chi connectivity index (χ4v) is 3.02. The first-order chi connectivity index (χ1) is 8.65. The Morgan fingerprint density at radius 3 is 2.56 bits per heavy atom. The van der Waals surface area contributed by atoms with Gasteiger partial charge in [0.05, 0.1) is 0 Å². The molecule has 5 heteroatoms. The van der Waals surface area contributed by atoms with Crippen LogP contribution in [0.3, 0.4) is 0 Å². The fourth-order valence-electron chi connectivity index (χ4n) is 2.34. The van der Waals surface area contributed by atoms with E-state index in [0.717, 1.165) is 42.0 Å². The zero-order valence-electron chi connectivity index (χ0n) is 11.4. The van der Waals surface area contributed by atoms with Gasteiger partial charge in [0.1, 0.15) is 17.5 Å². The molecule has 2 rings (SSSR count). The molecule has 0 aliphatic carbocycles. The molecule has 0 amide bonds. The van der Waals surface area contributed by atoms with E-state index in [-0.39, 0.29) is 0 Å². The van der Waals surface area contributed by atoms with Gasteiger partial charge in [-0.15, -0.1) is 0 Å². The molecule has 100 valence electrons. The second-order valence-electron chi connectivity index (χ2n) is 4.75. The molecule has 0 saturated carbocycles. The van der Waals surface area contributed by atoms with Crippen molar-refractivity contribution in [1.82, 2.24) is 9.97 Å². The van der Waals surface area contributed by atoms with Crippen LogP contribution in [0, 0.1) is 6.92 Å². The summed E-state index contributed by atoms with van der Waals surface area (Å²) in [4.78, 5) is 11.3. The molecule has 0 spiro atoms. The maximum Gasteiger partial charge on any atom is 0.137 e. The Balaban J connectivity index is 2.20.